The summed E-state index contributed by atoms with van der Waals surface area (Å²) in [5.74, 6) is 1.99. The highest BCUT2D eigenvalue weighted by molar-refractivity contribution is 5.83. The molecule has 0 aliphatic rings. The van der Waals surface area contributed by atoms with Crippen LogP contribution in [0.3, 0.4) is 0 Å². The van der Waals surface area contributed by atoms with Crippen molar-refractivity contribution in [3.8, 4) is 11.5 Å². The van der Waals surface area contributed by atoms with Crippen molar-refractivity contribution in [3.05, 3.63) is 18.0 Å². The third kappa shape index (κ3) is 1.63. The van der Waals surface area contributed by atoms with Crippen LogP contribution in [0, 0.1) is 0 Å². The third-order valence-electron chi connectivity index (χ3n) is 2.32. The summed E-state index contributed by atoms with van der Waals surface area (Å²) in [6, 6.07) is 3.21. The van der Waals surface area contributed by atoms with Crippen LogP contribution in [0.5, 0.6) is 11.5 Å². The molecule has 4 heteroatoms. The van der Waals surface area contributed by atoms with Gasteiger partial charge < -0.3 is 14.8 Å². The molecule has 1 aromatic heterocycles. The lowest BCUT2D eigenvalue weighted by atomic mass is 10.2. The van der Waals surface area contributed by atoms with Gasteiger partial charge in [0.05, 0.1) is 12.6 Å². The number of nitrogens with one attached hydrogen (secondary N) is 1. The normalized spacial score (nSPS) is 11.2. The van der Waals surface area contributed by atoms with E-state index in [4.69, 9.17) is 4.74 Å². The summed E-state index contributed by atoms with van der Waals surface area (Å²) in [5, 5.41) is 9.46. The van der Waals surface area contributed by atoms with Gasteiger partial charge in [0.2, 0.25) is 0 Å². The van der Waals surface area contributed by atoms with Crippen molar-refractivity contribution in [2.75, 3.05) is 7.11 Å². The average molecular weight is 206 g/mol. The van der Waals surface area contributed by atoms with Crippen molar-refractivity contribution in [1.29, 1.82) is 0 Å². The van der Waals surface area contributed by atoms with Crippen LogP contribution in [0.4, 0.5) is 0 Å². The number of benzene rings is 1. The number of ether oxygens (including phenoxy) is 1. The number of H-pyrrole nitrogens is 1. The summed E-state index contributed by atoms with van der Waals surface area (Å²) in [7, 11) is 1.57. The Morgan fingerprint density at radius 3 is 2.73 bits per heavy atom. The number of imidazole rings is 1. The van der Waals surface area contributed by atoms with Crippen LogP contribution in [0.2, 0.25) is 0 Å². The zero-order valence-corrected chi connectivity index (χ0v) is 9.03. The minimum atomic E-state index is 0.179. The predicted molar refractivity (Wildman–Crippen MR) is 58.4 cm³/mol. The van der Waals surface area contributed by atoms with Crippen LogP contribution in [0.1, 0.15) is 25.6 Å². The first kappa shape index (κ1) is 9.83. The van der Waals surface area contributed by atoms with E-state index in [1.807, 2.05) is 0 Å². The lowest BCUT2D eigenvalue weighted by Gasteiger charge is -2.00. The molecule has 2 rings (SSSR count). The highest BCUT2D eigenvalue weighted by Crippen LogP contribution is 2.30. The number of phenolic OH excluding ortho intramolecular Hbond substituents is 1. The maximum absolute atomic E-state index is 9.46. The summed E-state index contributed by atoms with van der Waals surface area (Å²) in [5.41, 5.74) is 1.56. The molecule has 1 heterocycles. The molecule has 0 radical (unpaired) electrons. The van der Waals surface area contributed by atoms with Crippen molar-refractivity contribution in [1.82, 2.24) is 9.97 Å². The molecule has 4 nitrogen and oxygen atoms in total. The van der Waals surface area contributed by atoms with Gasteiger partial charge in [0.25, 0.3) is 0 Å². The summed E-state index contributed by atoms with van der Waals surface area (Å²) in [4.78, 5) is 7.59. The fourth-order valence-electron chi connectivity index (χ4n) is 1.52. The van der Waals surface area contributed by atoms with E-state index in [1.54, 1.807) is 19.2 Å². The highest BCUT2D eigenvalue weighted by Gasteiger charge is 2.11. The Hall–Kier alpha value is -1.71. The van der Waals surface area contributed by atoms with Gasteiger partial charge in [-0.2, -0.15) is 0 Å². The number of phenols is 1. The highest BCUT2D eigenvalue weighted by atomic mass is 16.5. The van der Waals surface area contributed by atoms with Crippen molar-refractivity contribution in [2.24, 2.45) is 0 Å². The molecule has 0 bridgehead atoms. The van der Waals surface area contributed by atoms with E-state index in [2.05, 4.69) is 23.8 Å². The predicted octanol–water partition coefficient (Wildman–Crippen LogP) is 2.40. The Bertz CT molecular complexity index is 489. The Kier molecular flexibility index (Phi) is 2.26. The number of methoxy groups -OCH3 is 1. The Labute approximate surface area is 87.9 Å². The molecule has 0 saturated carbocycles. The molecule has 0 aliphatic carbocycles. The van der Waals surface area contributed by atoms with Crippen LogP contribution in [-0.4, -0.2) is 22.2 Å². The standard InChI is InChI=1S/C11H14N2O2/c1-6(2)11-12-8-4-7(14)5-9(15-3)10(8)13-11/h4-6,14H,1-3H3,(H,12,13). The minimum Gasteiger partial charge on any atom is -0.508 e. The number of aromatic hydroxyl groups is 1. The van der Waals surface area contributed by atoms with Crippen LogP contribution in [0.25, 0.3) is 11.0 Å². The fourth-order valence-corrected chi connectivity index (χ4v) is 1.52. The van der Waals surface area contributed by atoms with E-state index >= 15 is 0 Å². The van der Waals surface area contributed by atoms with Crippen LogP contribution >= 0.6 is 0 Å². The number of fused-ring (bicyclic) bond motifs is 1. The molecule has 2 N–H and O–H groups in total. The monoisotopic (exact) mass is 206 g/mol. The zero-order chi connectivity index (χ0) is 11.0. The number of aromatic nitrogens is 2. The van der Waals surface area contributed by atoms with Crippen molar-refractivity contribution < 1.29 is 9.84 Å². The molecule has 0 fully saturated rings. The molecule has 80 valence electrons. The summed E-state index contributed by atoms with van der Waals surface area (Å²) >= 11 is 0. The van der Waals surface area contributed by atoms with E-state index in [-0.39, 0.29) is 5.75 Å². The van der Waals surface area contributed by atoms with Crippen molar-refractivity contribution in [2.45, 2.75) is 19.8 Å². The molecule has 0 aliphatic heterocycles. The maximum Gasteiger partial charge on any atom is 0.150 e. The van der Waals surface area contributed by atoms with Crippen molar-refractivity contribution in [3.63, 3.8) is 0 Å². The number of aromatic amines is 1. The van der Waals surface area contributed by atoms with E-state index in [1.165, 1.54) is 0 Å². The van der Waals surface area contributed by atoms with Crippen LogP contribution < -0.4 is 4.74 Å². The number of hydrogen-bond acceptors (Lipinski definition) is 3. The van der Waals surface area contributed by atoms with E-state index in [0.717, 1.165) is 16.9 Å². The maximum atomic E-state index is 9.46. The Morgan fingerprint density at radius 2 is 2.13 bits per heavy atom. The lowest BCUT2D eigenvalue weighted by Crippen LogP contribution is -1.88. The zero-order valence-electron chi connectivity index (χ0n) is 9.03. The van der Waals surface area contributed by atoms with E-state index in [9.17, 15) is 5.11 Å². The first-order valence-corrected chi connectivity index (χ1v) is 4.88. The summed E-state index contributed by atoms with van der Waals surface area (Å²) in [6.07, 6.45) is 0. The topological polar surface area (TPSA) is 58.1 Å². The molecule has 0 saturated heterocycles. The van der Waals surface area contributed by atoms with Gasteiger partial charge in [0.1, 0.15) is 22.8 Å². The molecular weight excluding hydrogens is 192 g/mol. The molecule has 0 unspecified atom stereocenters. The molecule has 0 spiro atoms. The summed E-state index contributed by atoms with van der Waals surface area (Å²) in [6.45, 7) is 4.12. The first-order chi connectivity index (χ1) is 7.11. The van der Waals surface area contributed by atoms with Crippen molar-refractivity contribution >= 4 is 11.0 Å². The summed E-state index contributed by atoms with van der Waals surface area (Å²) < 4.78 is 5.16. The molecule has 0 atom stereocenters. The SMILES string of the molecule is COc1cc(O)cc2[nH]c(C(C)C)nc12. The van der Waals surface area contributed by atoms with Gasteiger partial charge in [-0.1, -0.05) is 13.8 Å². The molecule has 0 amide bonds. The minimum absolute atomic E-state index is 0.179. The number of nitrogens with zero attached hydrogens (tertiary/aromatic N) is 1. The number of hydrogen-bond donors (Lipinski definition) is 2. The first-order valence-electron chi connectivity index (χ1n) is 4.88. The van der Waals surface area contributed by atoms with E-state index in [0.29, 0.717) is 11.7 Å². The fraction of sp³-hybridized carbons (Fsp3) is 0.364. The van der Waals surface area contributed by atoms with E-state index < -0.39 is 0 Å². The number of rotatable bonds is 2. The molecule has 1 aromatic carbocycles. The smallest absolute Gasteiger partial charge is 0.150 e. The average Bonchev–Trinajstić information content (AvgIpc) is 2.59. The third-order valence-corrected chi connectivity index (χ3v) is 2.32. The molecular formula is C11H14N2O2. The van der Waals surface area contributed by atoms with Gasteiger partial charge in [-0.15, -0.1) is 0 Å². The largest absolute Gasteiger partial charge is 0.508 e. The van der Waals surface area contributed by atoms with Crippen LogP contribution in [0.15, 0.2) is 12.1 Å². The Morgan fingerprint density at radius 1 is 1.40 bits per heavy atom. The van der Waals surface area contributed by atoms with Gasteiger partial charge in [-0.05, 0) is 0 Å². The molecule has 2 aromatic rings. The van der Waals surface area contributed by atoms with Gasteiger partial charge >= 0.3 is 0 Å². The van der Waals surface area contributed by atoms with Gasteiger partial charge in [0, 0.05) is 18.1 Å². The lowest BCUT2D eigenvalue weighted by molar-refractivity contribution is 0.412. The van der Waals surface area contributed by atoms with Gasteiger partial charge in [-0.25, -0.2) is 4.98 Å². The molecule has 15 heavy (non-hydrogen) atoms. The van der Waals surface area contributed by atoms with Gasteiger partial charge in [0.15, 0.2) is 0 Å². The quantitative estimate of drug-likeness (QED) is 0.793. The second-order valence-corrected chi connectivity index (χ2v) is 3.82. The van der Waals surface area contributed by atoms with Crippen LogP contribution in [-0.2, 0) is 0 Å². The van der Waals surface area contributed by atoms with Gasteiger partial charge in [-0.3, -0.25) is 0 Å². The Balaban J connectivity index is 2.68. The second kappa shape index (κ2) is 3.46. The second-order valence-electron chi connectivity index (χ2n) is 3.82.